The molecule has 0 saturated heterocycles. The van der Waals surface area contributed by atoms with Gasteiger partial charge in [-0.05, 0) is 18.2 Å². The lowest BCUT2D eigenvalue weighted by Gasteiger charge is -2.10. The highest BCUT2D eigenvalue weighted by Crippen LogP contribution is 2.24. The van der Waals surface area contributed by atoms with Gasteiger partial charge in [0.25, 0.3) is 9.05 Å². The third kappa shape index (κ3) is 6.03. The van der Waals surface area contributed by atoms with Gasteiger partial charge in [-0.3, -0.25) is 9.00 Å². The molecule has 1 rings (SSSR count). The Kier molecular flexibility index (Phi) is 6.63. The lowest BCUT2D eigenvalue weighted by Crippen LogP contribution is -2.29. The monoisotopic (exact) mass is 353 g/mol. The van der Waals surface area contributed by atoms with Crippen molar-refractivity contribution in [1.29, 1.82) is 0 Å². The number of benzene rings is 1. The zero-order chi connectivity index (χ0) is 16.0. The Bertz CT molecular complexity index is 645. The minimum Gasteiger partial charge on any atom is -0.496 e. The van der Waals surface area contributed by atoms with E-state index in [-0.39, 0.29) is 23.8 Å². The average molecular weight is 354 g/mol. The molecule has 1 atom stereocenters. The average Bonchev–Trinajstić information content (AvgIpc) is 2.37. The number of hydrogen-bond acceptors (Lipinski definition) is 5. The third-order valence-electron chi connectivity index (χ3n) is 2.60. The van der Waals surface area contributed by atoms with E-state index in [2.05, 4.69) is 5.32 Å². The van der Waals surface area contributed by atoms with Gasteiger partial charge < -0.3 is 10.1 Å². The fourth-order valence-electron chi connectivity index (χ4n) is 1.61. The first-order valence-corrected chi connectivity index (χ1v) is 9.96. The van der Waals surface area contributed by atoms with Crippen LogP contribution in [0.15, 0.2) is 23.1 Å². The molecule has 0 spiro atoms. The van der Waals surface area contributed by atoms with Crippen LogP contribution in [0, 0.1) is 0 Å². The quantitative estimate of drug-likeness (QED) is 0.727. The highest BCUT2D eigenvalue weighted by Gasteiger charge is 2.15. The van der Waals surface area contributed by atoms with E-state index >= 15 is 0 Å². The van der Waals surface area contributed by atoms with E-state index < -0.39 is 19.9 Å². The van der Waals surface area contributed by atoms with Crippen LogP contribution < -0.4 is 10.1 Å². The third-order valence-corrected chi connectivity index (χ3v) is 4.73. The van der Waals surface area contributed by atoms with Gasteiger partial charge in [0.05, 0.1) is 18.4 Å². The summed E-state index contributed by atoms with van der Waals surface area (Å²) in [6.07, 6.45) is 1.49. The molecule has 0 saturated carbocycles. The van der Waals surface area contributed by atoms with E-state index in [1.807, 2.05) is 0 Å². The molecule has 118 valence electrons. The van der Waals surface area contributed by atoms with Crippen LogP contribution in [0.3, 0.4) is 0 Å². The van der Waals surface area contributed by atoms with Crippen molar-refractivity contribution in [3.63, 3.8) is 0 Å². The van der Waals surface area contributed by atoms with E-state index in [0.29, 0.717) is 17.1 Å². The molecule has 1 unspecified atom stereocenters. The smallest absolute Gasteiger partial charge is 0.261 e. The minimum atomic E-state index is -3.87. The summed E-state index contributed by atoms with van der Waals surface area (Å²) >= 11 is 0. The molecule has 1 N–H and O–H groups in total. The molecule has 0 bridgehead atoms. The van der Waals surface area contributed by atoms with Crippen LogP contribution >= 0.6 is 10.7 Å². The van der Waals surface area contributed by atoms with E-state index in [1.54, 1.807) is 6.26 Å². The summed E-state index contributed by atoms with van der Waals surface area (Å²) in [5.74, 6) is 0.440. The maximum Gasteiger partial charge on any atom is 0.261 e. The lowest BCUT2D eigenvalue weighted by atomic mass is 10.1. The zero-order valence-electron chi connectivity index (χ0n) is 11.6. The number of ether oxygens (including phenoxy) is 1. The van der Waals surface area contributed by atoms with Gasteiger partial charge in [0.15, 0.2) is 0 Å². The van der Waals surface area contributed by atoms with Crippen LogP contribution in [-0.4, -0.2) is 44.2 Å². The first-order chi connectivity index (χ1) is 9.74. The molecule has 1 amide bonds. The normalized spacial score (nSPS) is 12.7. The van der Waals surface area contributed by atoms with Crippen molar-refractivity contribution in [2.24, 2.45) is 0 Å². The molecule has 0 radical (unpaired) electrons. The Morgan fingerprint density at radius 2 is 2.10 bits per heavy atom. The van der Waals surface area contributed by atoms with Crippen molar-refractivity contribution in [3.8, 4) is 5.75 Å². The summed E-state index contributed by atoms with van der Waals surface area (Å²) in [5, 5.41) is 2.60. The summed E-state index contributed by atoms with van der Waals surface area (Å²) in [7, 11) is 1.84. The van der Waals surface area contributed by atoms with Gasteiger partial charge in [0, 0.05) is 45.6 Å². The maximum absolute atomic E-state index is 11.8. The topological polar surface area (TPSA) is 89.5 Å². The molecule has 9 heteroatoms. The molecule has 1 aromatic rings. The summed E-state index contributed by atoms with van der Waals surface area (Å²) in [5.41, 5.74) is 0.411. The van der Waals surface area contributed by atoms with Gasteiger partial charge in [-0.1, -0.05) is 0 Å². The number of carbonyl (C=O) groups is 1. The Morgan fingerprint density at radius 3 is 2.62 bits per heavy atom. The molecule has 0 aliphatic heterocycles. The Hall–Kier alpha value is -1.12. The molecule has 0 aliphatic carbocycles. The number of hydrogen-bond donors (Lipinski definition) is 1. The SMILES string of the molecule is COc1ccc(S(=O)(=O)Cl)cc1CC(=O)NCCS(C)=O. The van der Waals surface area contributed by atoms with E-state index in [0.717, 1.165) is 0 Å². The highest BCUT2D eigenvalue weighted by molar-refractivity contribution is 8.13. The van der Waals surface area contributed by atoms with Crippen molar-refractivity contribution in [1.82, 2.24) is 5.32 Å². The van der Waals surface area contributed by atoms with Crippen molar-refractivity contribution in [2.45, 2.75) is 11.3 Å². The standard InChI is InChI=1S/C12H16ClNO5S2/c1-19-11-4-3-10(21(13,17)18)7-9(11)8-12(15)14-5-6-20(2)16/h3-4,7H,5-6,8H2,1-2H3,(H,14,15). The van der Waals surface area contributed by atoms with Crippen LogP contribution in [0.5, 0.6) is 5.75 Å². The molecular weight excluding hydrogens is 338 g/mol. The Morgan fingerprint density at radius 1 is 1.43 bits per heavy atom. The van der Waals surface area contributed by atoms with Gasteiger partial charge in [0.1, 0.15) is 5.75 Å². The molecule has 21 heavy (non-hydrogen) atoms. The summed E-state index contributed by atoms with van der Waals surface area (Å²) in [6, 6.07) is 4.06. The Balaban J connectivity index is 2.85. The van der Waals surface area contributed by atoms with Gasteiger partial charge in [-0.25, -0.2) is 8.42 Å². The minimum absolute atomic E-state index is 0.0558. The molecular formula is C12H16ClNO5S2. The molecule has 1 aromatic carbocycles. The largest absolute Gasteiger partial charge is 0.496 e. The maximum atomic E-state index is 11.8. The van der Waals surface area contributed by atoms with E-state index in [9.17, 15) is 17.4 Å². The number of halogens is 1. The number of amides is 1. The van der Waals surface area contributed by atoms with Gasteiger partial charge >= 0.3 is 0 Å². The van der Waals surface area contributed by atoms with Crippen molar-refractivity contribution in [3.05, 3.63) is 23.8 Å². The number of rotatable bonds is 7. The molecule has 0 fully saturated rings. The second-order valence-corrected chi connectivity index (χ2v) is 8.34. The number of carbonyl (C=O) groups excluding carboxylic acids is 1. The van der Waals surface area contributed by atoms with Crippen molar-refractivity contribution >= 4 is 36.4 Å². The summed E-state index contributed by atoms with van der Waals surface area (Å²) < 4.78 is 38.6. The first-order valence-electron chi connectivity index (χ1n) is 5.92. The molecule has 6 nitrogen and oxygen atoms in total. The Labute approximate surface area is 130 Å². The predicted molar refractivity (Wildman–Crippen MR) is 81.7 cm³/mol. The zero-order valence-corrected chi connectivity index (χ0v) is 14.0. The number of nitrogens with one attached hydrogen (secondary N) is 1. The lowest BCUT2D eigenvalue weighted by molar-refractivity contribution is -0.120. The van der Waals surface area contributed by atoms with Gasteiger partial charge in [-0.15, -0.1) is 0 Å². The summed E-state index contributed by atoms with van der Waals surface area (Å²) in [6.45, 7) is 0.289. The van der Waals surface area contributed by atoms with Crippen LogP contribution in [0.4, 0.5) is 0 Å². The molecule has 0 aromatic heterocycles. The van der Waals surface area contributed by atoms with Crippen LogP contribution in [0.25, 0.3) is 0 Å². The summed E-state index contributed by atoms with van der Waals surface area (Å²) in [4.78, 5) is 11.7. The first kappa shape index (κ1) is 17.9. The second kappa shape index (κ2) is 7.77. The van der Waals surface area contributed by atoms with Crippen molar-refractivity contribution < 1.29 is 22.2 Å². The van der Waals surface area contributed by atoms with E-state index in [1.165, 1.54) is 25.3 Å². The van der Waals surface area contributed by atoms with Crippen LogP contribution in [0.2, 0.25) is 0 Å². The van der Waals surface area contributed by atoms with E-state index in [4.69, 9.17) is 15.4 Å². The van der Waals surface area contributed by atoms with Crippen molar-refractivity contribution in [2.75, 3.05) is 25.7 Å². The predicted octanol–water partition coefficient (Wildman–Crippen LogP) is 0.660. The fraction of sp³-hybridized carbons (Fsp3) is 0.417. The second-order valence-electron chi connectivity index (χ2n) is 4.22. The van der Waals surface area contributed by atoms with Crippen LogP contribution in [0.1, 0.15) is 5.56 Å². The molecule has 0 aliphatic rings. The fourth-order valence-corrected chi connectivity index (χ4v) is 2.81. The molecule has 0 heterocycles. The van der Waals surface area contributed by atoms with Gasteiger partial charge in [-0.2, -0.15) is 0 Å². The highest BCUT2D eigenvalue weighted by atomic mass is 35.7. The van der Waals surface area contributed by atoms with Gasteiger partial charge in [0.2, 0.25) is 5.91 Å². The van der Waals surface area contributed by atoms with Crippen LogP contribution in [-0.2, 0) is 31.1 Å². The number of methoxy groups -OCH3 is 1.